The second-order valence-electron chi connectivity index (χ2n) is 6.04. The maximum Gasteiger partial charge on any atom is 0.108 e. The molecule has 1 unspecified atom stereocenters. The van der Waals surface area contributed by atoms with Gasteiger partial charge in [-0.25, -0.2) is 0 Å². The Hall–Kier alpha value is -0.570. The molecule has 0 bridgehead atoms. The second kappa shape index (κ2) is 5.08. The molecule has 3 rings (SSSR count). The maximum absolute atomic E-state index is 11.4. The highest BCUT2D eigenvalue weighted by atomic mass is 35.5. The number of hydrogen-bond acceptors (Lipinski definition) is 2. The summed E-state index contributed by atoms with van der Waals surface area (Å²) in [6.07, 6.45) is 7.68. The fourth-order valence-electron chi connectivity index (χ4n) is 3.97. The largest absolute Gasteiger partial charge is 0.383 e. The Kier molecular flexibility index (Phi) is 3.59. The van der Waals surface area contributed by atoms with E-state index in [0.717, 1.165) is 37.8 Å². The van der Waals surface area contributed by atoms with Crippen LogP contribution in [0.5, 0.6) is 0 Å². The molecular formula is C16H22ClNO. The number of benzene rings is 1. The van der Waals surface area contributed by atoms with Gasteiger partial charge < -0.3 is 10.4 Å². The first-order valence-electron chi connectivity index (χ1n) is 7.40. The molecule has 1 aliphatic carbocycles. The highest BCUT2D eigenvalue weighted by molar-refractivity contribution is 6.30. The van der Waals surface area contributed by atoms with Crippen LogP contribution in [0.1, 0.15) is 50.5 Å². The van der Waals surface area contributed by atoms with E-state index in [1.165, 1.54) is 19.3 Å². The van der Waals surface area contributed by atoms with Crippen molar-refractivity contribution < 1.29 is 5.11 Å². The van der Waals surface area contributed by atoms with E-state index >= 15 is 0 Å². The number of rotatable bonds is 1. The molecule has 19 heavy (non-hydrogen) atoms. The maximum atomic E-state index is 11.4. The number of nitrogens with one attached hydrogen (secondary N) is 1. The van der Waals surface area contributed by atoms with Gasteiger partial charge in [-0.15, -0.1) is 0 Å². The van der Waals surface area contributed by atoms with E-state index in [0.29, 0.717) is 5.02 Å². The predicted molar refractivity (Wildman–Crippen MR) is 78.4 cm³/mol. The summed E-state index contributed by atoms with van der Waals surface area (Å²) in [5.41, 5.74) is 0.0687. The van der Waals surface area contributed by atoms with E-state index in [4.69, 9.17) is 11.6 Å². The van der Waals surface area contributed by atoms with Gasteiger partial charge in [0.1, 0.15) is 5.60 Å². The lowest BCUT2D eigenvalue weighted by Crippen LogP contribution is -2.64. The standard InChI is InChI=1S/C16H22ClNO/c17-14-7-4-6-13(12-14)16(19)10-5-11-18-15(16)8-2-1-3-9-15/h4,6-7,12,18-19H,1-3,5,8-11H2. The van der Waals surface area contributed by atoms with Crippen molar-refractivity contribution >= 4 is 11.6 Å². The van der Waals surface area contributed by atoms with Crippen molar-refractivity contribution in [2.45, 2.75) is 56.1 Å². The second-order valence-corrected chi connectivity index (χ2v) is 6.48. The van der Waals surface area contributed by atoms with E-state index in [-0.39, 0.29) is 5.54 Å². The van der Waals surface area contributed by atoms with Crippen molar-refractivity contribution in [2.24, 2.45) is 0 Å². The van der Waals surface area contributed by atoms with E-state index in [1.54, 1.807) is 0 Å². The highest BCUT2D eigenvalue weighted by Crippen LogP contribution is 2.47. The van der Waals surface area contributed by atoms with Crippen LogP contribution < -0.4 is 5.32 Å². The van der Waals surface area contributed by atoms with Crippen molar-refractivity contribution in [3.63, 3.8) is 0 Å². The van der Waals surface area contributed by atoms with Crippen LogP contribution in [-0.2, 0) is 5.60 Å². The number of halogens is 1. The van der Waals surface area contributed by atoms with Gasteiger partial charge >= 0.3 is 0 Å². The molecule has 0 amide bonds. The Bertz CT molecular complexity index is 448. The van der Waals surface area contributed by atoms with Gasteiger partial charge in [0.15, 0.2) is 0 Å². The van der Waals surface area contributed by atoms with Crippen molar-refractivity contribution in [3.05, 3.63) is 34.9 Å². The quantitative estimate of drug-likeness (QED) is 0.823. The zero-order valence-electron chi connectivity index (χ0n) is 11.3. The molecule has 1 aromatic rings. The third kappa shape index (κ3) is 2.20. The normalized spacial score (nSPS) is 30.4. The minimum absolute atomic E-state index is 0.145. The molecule has 1 atom stereocenters. The lowest BCUT2D eigenvalue weighted by molar-refractivity contribution is -0.0994. The Morgan fingerprint density at radius 1 is 1.05 bits per heavy atom. The van der Waals surface area contributed by atoms with Crippen LogP contribution >= 0.6 is 11.6 Å². The fraction of sp³-hybridized carbons (Fsp3) is 0.625. The molecule has 3 heteroatoms. The van der Waals surface area contributed by atoms with Crippen molar-refractivity contribution in [1.82, 2.24) is 5.32 Å². The van der Waals surface area contributed by atoms with Gasteiger partial charge in [-0.2, -0.15) is 0 Å². The molecule has 1 saturated carbocycles. The first-order valence-corrected chi connectivity index (χ1v) is 7.78. The molecule has 0 radical (unpaired) electrons. The molecule has 1 saturated heterocycles. The van der Waals surface area contributed by atoms with Crippen LogP contribution in [0.3, 0.4) is 0 Å². The topological polar surface area (TPSA) is 32.3 Å². The van der Waals surface area contributed by atoms with Crippen LogP contribution in [0.15, 0.2) is 24.3 Å². The van der Waals surface area contributed by atoms with Crippen molar-refractivity contribution in [1.29, 1.82) is 0 Å². The van der Waals surface area contributed by atoms with E-state index in [9.17, 15) is 5.11 Å². The Morgan fingerprint density at radius 2 is 1.84 bits per heavy atom. The summed E-state index contributed by atoms with van der Waals surface area (Å²) in [5.74, 6) is 0. The summed E-state index contributed by atoms with van der Waals surface area (Å²) in [6, 6.07) is 7.78. The molecule has 104 valence electrons. The Balaban J connectivity index is 2.02. The third-order valence-electron chi connectivity index (χ3n) is 4.98. The van der Waals surface area contributed by atoms with Gasteiger partial charge in [-0.3, -0.25) is 0 Å². The van der Waals surface area contributed by atoms with Gasteiger partial charge in [-0.05, 0) is 49.9 Å². The average molecular weight is 280 g/mol. The van der Waals surface area contributed by atoms with Crippen molar-refractivity contribution in [3.8, 4) is 0 Å². The zero-order valence-corrected chi connectivity index (χ0v) is 12.0. The molecule has 2 fully saturated rings. The summed E-state index contributed by atoms with van der Waals surface area (Å²) in [5, 5.41) is 15.8. The molecule has 1 spiro atoms. The monoisotopic (exact) mass is 279 g/mol. The summed E-state index contributed by atoms with van der Waals surface area (Å²) in [7, 11) is 0. The zero-order chi connectivity index (χ0) is 13.3. The summed E-state index contributed by atoms with van der Waals surface area (Å²) < 4.78 is 0. The SMILES string of the molecule is OC1(c2cccc(Cl)c2)CCCNC12CCCCC2. The fourth-order valence-corrected chi connectivity index (χ4v) is 4.16. The van der Waals surface area contributed by atoms with Gasteiger partial charge in [0.2, 0.25) is 0 Å². The molecule has 2 N–H and O–H groups in total. The van der Waals surface area contributed by atoms with Gasteiger partial charge in [0, 0.05) is 5.02 Å². The van der Waals surface area contributed by atoms with Crippen LogP contribution in [0.25, 0.3) is 0 Å². The van der Waals surface area contributed by atoms with Crippen LogP contribution in [0.4, 0.5) is 0 Å². The molecule has 1 heterocycles. The minimum Gasteiger partial charge on any atom is -0.383 e. The van der Waals surface area contributed by atoms with Crippen LogP contribution in [0.2, 0.25) is 5.02 Å². The lowest BCUT2D eigenvalue weighted by Gasteiger charge is -2.53. The first kappa shape index (κ1) is 13.4. The van der Waals surface area contributed by atoms with E-state index in [2.05, 4.69) is 5.32 Å². The molecule has 0 aromatic heterocycles. The molecule has 1 aromatic carbocycles. The predicted octanol–water partition coefficient (Wildman–Crippen LogP) is 3.61. The number of piperidine rings is 1. The summed E-state index contributed by atoms with van der Waals surface area (Å²) in [6.45, 7) is 1.02. The first-order chi connectivity index (χ1) is 9.16. The third-order valence-corrected chi connectivity index (χ3v) is 5.21. The molecular weight excluding hydrogens is 258 g/mol. The highest BCUT2D eigenvalue weighted by Gasteiger charge is 2.52. The van der Waals surface area contributed by atoms with Crippen molar-refractivity contribution in [2.75, 3.05) is 6.54 Å². The summed E-state index contributed by atoms with van der Waals surface area (Å²) >= 11 is 6.12. The lowest BCUT2D eigenvalue weighted by atomic mass is 9.63. The van der Waals surface area contributed by atoms with Crippen LogP contribution in [0, 0.1) is 0 Å². The molecule has 1 aliphatic heterocycles. The number of hydrogen-bond donors (Lipinski definition) is 2. The van der Waals surface area contributed by atoms with Crippen LogP contribution in [-0.4, -0.2) is 17.2 Å². The molecule has 2 nitrogen and oxygen atoms in total. The smallest absolute Gasteiger partial charge is 0.108 e. The van der Waals surface area contributed by atoms with Gasteiger partial charge in [0.05, 0.1) is 5.54 Å². The van der Waals surface area contributed by atoms with E-state index in [1.807, 2.05) is 24.3 Å². The van der Waals surface area contributed by atoms with E-state index < -0.39 is 5.60 Å². The summed E-state index contributed by atoms with van der Waals surface area (Å²) in [4.78, 5) is 0. The Morgan fingerprint density at radius 3 is 2.58 bits per heavy atom. The van der Waals surface area contributed by atoms with Gasteiger partial charge in [0.25, 0.3) is 0 Å². The number of aliphatic hydroxyl groups is 1. The molecule has 2 aliphatic rings. The Labute approximate surface area is 120 Å². The average Bonchev–Trinajstić information content (AvgIpc) is 2.43. The minimum atomic E-state index is -0.767. The van der Waals surface area contributed by atoms with Gasteiger partial charge in [-0.1, -0.05) is 43.0 Å².